The highest BCUT2D eigenvalue weighted by Crippen LogP contribution is 2.46. The third-order valence-electron chi connectivity index (χ3n) is 6.87. The quantitative estimate of drug-likeness (QED) is 0.610. The summed E-state index contributed by atoms with van der Waals surface area (Å²) in [6, 6.07) is 29.1. The molecule has 4 rings (SSSR count). The summed E-state index contributed by atoms with van der Waals surface area (Å²) in [6.07, 6.45) is 0.973. The van der Waals surface area contributed by atoms with Gasteiger partial charge in [0.2, 0.25) is 0 Å². The van der Waals surface area contributed by atoms with E-state index in [0.29, 0.717) is 25.9 Å². The number of carbonyl (C=O) groups is 1. The second-order valence-corrected chi connectivity index (χ2v) is 8.45. The van der Waals surface area contributed by atoms with Crippen LogP contribution in [-0.2, 0) is 15.9 Å². The Labute approximate surface area is 183 Å². The summed E-state index contributed by atoms with van der Waals surface area (Å²) < 4.78 is 0. The Morgan fingerprint density at radius 1 is 0.871 bits per heavy atom. The van der Waals surface area contributed by atoms with E-state index < -0.39 is 17.1 Å². The number of carboxylic acids is 1. The normalized spacial score (nSPS) is 19.3. The Bertz CT molecular complexity index is 998. The zero-order valence-corrected chi connectivity index (χ0v) is 17.8. The molecule has 1 aliphatic rings. The second-order valence-electron chi connectivity index (χ2n) is 8.45. The molecule has 2 unspecified atom stereocenters. The first-order chi connectivity index (χ1) is 15.0. The van der Waals surface area contributed by atoms with E-state index in [4.69, 9.17) is 0 Å². The lowest BCUT2D eigenvalue weighted by Crippen LogP contribution is -2.59. The summed E-state index contributed by atoms with van der Waals surface area (Å²) in [4.78, 5) is 15.1. The Kier molecular flexibility index (Phi) is 5.94. The predicted molar refractivity (Wildman–Crippen MR) is 122 cm³/mol. The minimum absolute atomic E-state index is 0.281. The summed E-state index contributed by atoms with van der Waals surface area (Å²) >= 11 is 0. The maximum absolute atomic E-state index is 13.1. The van der Waals surface area contributed by atoms with Gasteiger partial charge in [0.05, 0.1) is 5.60 Å². The third-order valence-corrected chi connectivity index (χ3v) is 6.87. The van der Waals surface area contributed by atoms with Gasteiger partial charge in [0, 0.05) is 19.0 Å². The molecule has 3 aromatic carbocycles. The molecular formula is C27H29NO3. The number of rotatable bonds is 6. The van der Waals surface area contributed by atoms with Crippen LogP contribution in [0.3, 0.4) is 0 Å². The lowest BCUT2D eigenvalue weighted by molar-refractivity contribution is -0.159. The fourth-order valence-electron chi connectivity index (χ4n) is 5.09. The molecule has 160 valence electrons. The van der Waals surface area contributed by atoms with Crippen molar-refractivity contribution in [2.75, 3.05) is 13.1 Å². The summed E-state index contributed by atoms with van der Waals surface area (Å²) in [5.74, 6) is -1.14. The fraction of sp³-hybridized carbons (Fsp3) is 0.296. The van der Waals surface area contributed by atoms with Gasteiger partial charge in [-0.15, -0.1) is 0 Å². The Morgan fingerprint density at radius 2 is 1.35 bits per heavy atom. The monoisotopic (exact) mass is 415 g/mol. The highest BCUT2D eigenvalue weighted by Gasteiger charge is 2.52. The van der Waals surface area contributed by atoms with Crippen LogP contribution in [0.1, 0.15) is 42.4 Å². The molecule has 0 bridgehead atoms. The zero-order valence-electron chi connectivity index (χ0n) is 17.8. The topological polar surface area (TPSA) is 60.8 Å². The van der Waals surface area contributed by atoms with Crippen molar-refractivity contribution in [2.45, 2.75) is 36.8 Å². The van der Waals surface area contributed by atoms with Gasteiger partial charge in [-0.25, -0.2) is 4.79 Å². The number of aliphatic hydroxyl groups is 1. The van der Waals surface area contributed by atoms with E-state index in [2.05, 4.69) is 4.90 Å². The van der Waals surface area contributed by atoms with E-state index in [1.54, 1.807) is 0 Å². The second kappa shape index (κ2) is 8.66. The van der Waals surface area contributed by atoms with Gasteiger partial charge < -0.3 is 10.2 Å². The van der Waals surface area contributed by atoms with Crippen LogP contribution in [0.4, 0.5) is 0 Å². The molecular weight excluding hydrogens is 386 g/mol. The molecule has 0 aliphatic carbocycles. The fourth-order valence-corrected chi connectivity index (χ4v) is 5.09. The number of likely N-dealkylation sites (tertiary alicyclic amines) is 1. The first-order valence-electron chi connectivity index (χ1n) is 10.9. The van der Waals surface area contributed by atoms with Gasteiger partial charge in [-0.2, -0.15) is 0 Å². The predicted octanol–water partition coefficient (Wildman–Crippen LogP) is 4.75. The maximum Gasteiger partial charge on any atom is 0.329 e. The molecule has 1 saturated heterocycles. The molecule has 31 heavy (non-hydrogen) atoms. The minimum atomic E-state index is -1.22. The van der Waals surface area contributed by atoms with Gasteiger partial charge >= 0.3 is 5.97 Å². The molecule has 1 aliphatic heterocycles. The van der Waals surface area contributed by atoms with Crippen LogP contribution in [0, 0.1) is 0 Å². The average Bonchev–Trinajstić information content (AvgIpc) is 2.82. The van der Waals surface area contributed by atoms with E-state index >= 15 is 0 Å². The van der Waals surface area contributed by atoms with Crippen molar-refractivity contribution >= 4 is 5.97 Å². The molecule has 0 saturated carbocycles. The van der Waals surface area contributed by atoms with Crippen LogP contribution in [-0.4, -0.2) is 34.2 Å². The number of benzene rings is 3. The molecule has 1 fully saturated rings. The van der Waals surface area contributed by atoms with E-state index in [1.165, 1.54) is 0 Å². The first kappa shape index (κ1) is 21.3. The van der Waals surface area contributed by atoms with E-state index in [-0.39, 0.29) is 5.92 Å². The number of nitrogens with zero attached hydrogens (tertiary/aromatic N) is 1. The van der Waals surface area contributed by atoms with Crippen LogP contribution in [0.15, 0.2) is 91.0 Å². The Hall–Kier alpha value is -2.95. The van der Waals surface area contributed by atoms with Crippen molar-refractivity contribution in [2.24, 2.45) is 0 Å². The molecule has 4 heteroatoms. The average molecular weight is 416 g/mol. The Balaban J connectivity index is 1.75. The Morgan fingerprint density at radius 3 is 1.87 bits per heavy atom. The van der Waals surface area contributed by atoms with Crippen molar-refractivity contribution < 1.29 is 15.0 Å². The summed E-state index contributed by atoms with van der Waals surface area (Å²) in [5.41, 5.74) is 0.489. The zero-order chi connectivity index (χ0) is 21.9. The van der Waals surface area contributed by atoms with Gasteiger partial charge in [0.15, 0.2) is 5.54 Å². The SMILES string of the molecule is CC(c1ccccc1)C(C(=O)O)(c1ccccc1)N1CCC(O)(c2ccccc2)CC1. The van der Waals surface area contributed by atoms with Crippen molar-refractivity contribution in [3.8, 4) is 0 Å². The molecule has 2 N–H and O–H groups in total. The van der Waals surface area contributed by atoms with Gasteiger partial charge in [-0.1, -0.05) is 97.9 Å². The molecule has 0 spiro atoms. The van der Waals surface area contributed by atoms with Crippen molar-refractivity contribution in [3.05, 3.63) is 108 Å². The molecule has 3 aromatic rings. The molecule has 4 nitrogen and oxygen atoms in total. The third kappa shape index (κ3) is 3.78. The van der Waals surface area contributed by atoms with Crippen LogP contribution in [0.25, 0.3) is 0 Å². The standard InChI is InChI=1S/C27H29NO3/c1-21(22-11-5-2-6-12-22)27(25(29)30,24-15-9-4-10-16-24)28-19-17-26(31,18-20-28)23-13-7-3-8-14-23/h2-16,21,31H,17-20H2,1H3,(H,29,30). The lowest BCUT2D eigenvalue weighted by atomic mass is 9.72. The summed E-state index contributed by atoms with van der Waals surface area (Å²) in [7, 11) is 0. The molecule has 2 atom stereocenters. The summed E-state index contributed by atoms with van der Waals surface area (Å²) in [6.45, 7) is 2.97. The lowest BCUT2D eigenvalue weighted by Gasteiger charge is -2.49. The minimum Gasteiger partial charge on any atom is -0.480 e. The number of carboxylic acid groups (broad SMARTS) is 1. The van der Waals surface area contributed by atoms with Gasteiger partial charge in [-0.05, 0) is 29.5 Å². The van der Waals surface area contributed by atoms with E-state index in [9.17, 15) is 15.0 Å². The summed E-state index contributed by atoms with van der Waals surface area (Å²) in [5, 5.41) is 22.0. The molecule has 0 amide bonds. The largest absolute Gasteiger partial charge is 0.480 e. The molecule has 1 heterocycles. The highest BCUT2D eigenvalue weighted by atomic mass is 16.4. The van der Waals surface area contributed by atoms with Gasteiger partial charge in [0.25, 0.3) is 0 Å². The van der Waals surface area contributed by atoms with E-state index in [0.717, 1.165) is 16.7 Å². The smallest absolute Gasteiger partial charge is 0.329 e. The molecule has 0 radical (unpaired) electrons. The van der Waals surface area contributed by atoms with Crippen LogP contribution in [0.5, 0.6) is 0 Å². The van der Waals surface area contributed by atoms with E-state index in [1.807, 2.05) is 97.9 Å². The number of hydrogen-bond donors (Lipinski definition) is 2. The number of aliphatic carboxylic acids is 1. The van der Waals surface area contributed by atoms with Crippen molar-refractivity contribution in [1.29, 1.82) is 0 Å². The van der Waals surface area contributed by atoms with Crippen LogP contribution in [0.2, 0.25) is 0 Å². The number of hydrogen-bond acceptors (Lipinski definition) is 3. The highest BCUT2D eigenvalue weighted by molar-refractivity contribution is 5.82. The van der Waals surface area contributed by atoms with Crippen LogP contribution >= 0.6 is 0 Å². The number of piperidine rings is 1. The molecule has 0 aromatic heterocycles. The maximum atomic E-state index is 13.1. The first-order valence-corrected chi connectivity index (χ1v) is 10.9. The van der Waals surface area contributed by atoms with Crippen molar-refractivity contribution in [1.82, 2.24) is 4.90 Å². The van der Waals surface area contributed by atoms with Crippen molar-refractivity contribution in [3.63, 3.8) is 0 Å². The van der Waals surface area contributed by atoms with Gasteiger partial charge in [0.1, 0.15) is 0 Å². The van der Waals surface area contributed by atoms with Gasteiger partial charge in [-0.3, -0.25) is 4.90 Å². The van der Waals surface area contributed by atoms with Crippen LogP contribution < -0.4 is 0 Å².